The molecule has 2 heteroatoms. The summed E-state index contributed by atoms with van der Waals surface area (Å²) in [4.78, 5) is 13.4. The molecule has 1 atom stereocenters. The zero-order chi connectivity index (χ0) is 15.3. The van der Waals surface area contributed by atoms with Crippen LogP contribution in [0.4, 0.5) is 0 Å². The summed E-state index contributed by atoms with van der Waals surface area (Å²) in [6.45, 7) is 16.2. The van der Waals surface area contributed by atoms with Crippen LogP contribution in [-0.2, 0) is 4.79 Å². The SMILES string of the molecule is C=C/C=C(\C=C/C)C1CCCN1C(C)=O.CC.CC. The van der Waals surface area contributed by atoms with Gasteiger partial charge in [-0.3, -0.25) is 4.79 Å². The molecule has 1 aliphatic heterocycles. The van der Waals surface area contributed by atoms with Crippen molar-refractivity contribution >= 4 is 5.91 Å². The van der Waals surface area contributed by atoms with Gasteiger partial charge in [0.15, 0.2) is 0 Å². The van der Waals surface area contributed by atoms with Gasteiger partial charge in [-0.15, -0.1) is 0 Å². The number of carbonyl (C=O) groups is 1. The first kappa shape index (κ1) is 20.0. The highest BCUT2D eigenvalue weighted by Gasteiger charge is 2.27. The molecular formula is C17H31NO. The topological polar surface area (TPSA) is 20.3 Å². The second-order valence-corrected chi connectivity index (χ2v) is 3.77. The molecule has 0 aliphatic carbocycles. The molecule has 1 saturated heterocycles. The van der Waals surface area contributed by atoms with Gasteiger partial charge in [0.25, 0.3) is 0 Å². The Morgan fingerprint density at radius 3 is 2.26 bits per heavy atom. The average Bonchev–Trinajstić information content (AvgIpc) is 2.92. The molecule has 110 valence electrons. The molecule has 19 heavy (non-hydrogen) atoms. The lowest BCUT2D eigenvalue weighted by Gasteiger charge is -2.24. The van der Waals surface area contributed by atoms with Crippen molar-refractivity contribution < 1.29 is 4.79 Å². The number of hydrogen-bond acceptors (Lipinski definition) is 1. The first-order chi connectivity index (χ1) is 9.20. The van der Waals surface area contributed by atoms with Crippen molar-refractivity contribution in [2.45, 2.75) is 60.4 Å². The molecule has 0 radical (unpaired) electrons. The minimum Gasteiger partial charge on any atom is -0.336 e. The Morgan fingerprint density at radius 1 is 1.26 bits per heavy atom. The minimum absolute atomic E-state index is 0.164. The Kier molecular flexibility index (Phi) is 13.8. The maximum Gasteiger partial charge on any atom is 0.219 e. The van der Waals surface area contributed by atoms with Gasteiger partial charge in [0.2, 0.25) is 5.91 Å². The van der Waals surface area contributed by atoms with Crippen LogP contribution in [-0.4, -0.2) is 23.4 Å². The third-order valence-corrected chi connectivity index (χ3v) is 2.71. The highest BCUT2D eigenvalue weighted by Crippen LogP contribution is 2.24. The molecule has 0 N–H and O–H groups in total. The van der Waals surface area contributed by atoms with Crippen LogP contribution in [0.1, 0.15) is 54.4 Å². The van der Waals surface area contributed by atoms with E-state index in [1.807, 2.05) is 51.7 Å². The Labute approximate surface area is 119 Å². The van der Waals surface area contributed by atoms with E-state index in [-0.39, 0.29) is 11.9 Å². The molecule has 2 nitrogen and oxygen atoms in total. The molecule has 1 heterocycles. The molecule has 1 amide bonds. The fourth-order valence-corrected chi connectivity index (χ4v) is 2.10. The molecule has 1 rings (SSSR count). The quantitative estimate of drug-likeness (QED) is 0.675. The van der Waals surface area contributed by atoms with Crippen molar-refractivity contribution in [3.05, 3.63) is 36.5 Å². The molecule has 0 bridgehead atoms. The van der Waals surface area contributed by atoms with E-state index in [1.54, 1.807) is 13.0 Å². The van der Waals surface area contributed by atoms with Crippen LogP contribution in [0.3, 0.4) is 0 Å². The first-order valence-electron chi connectivity index (χ1n) is 7.43. The third-order valence-electron chi connectivity index (χ3n) is 2.71. The number of rotatable bonds is 3. The van der Waals surface area contributed by atoms with Gasteiger partial charge < -0.3 is 4.90 Å². The van der Waals surface area contributed by atoms with E-state index < -0.39 is 0 Å². The standard InChI is InChI=1S/C13H19NO.2C2H6/c1-4-7-12(8-5-2)13-9-6-10-14(13)11(3)15;2*1-2/h4-5,7-8,13H,1,6,9-10H2,2-3H3;2*1-2H3/b8-5-,12-7+;;. The summed E-state index contributed by atoms with van der Waals surface area (Å²) in [6.07, 6.45) is 10.00. The highest BCUT2D eigenvalue weighted by atomic mass is 16.2. The molecule has 0 aromatic carbocycles. The van der Waals surface area contributed by atoms with Crippen molar-refractivity contribution in [2.75, 3.05) is 6.54 Å². The maximum atomic E-state index is 11.4. The van der Waals surface area contributed by atoms with E-state index in [2.05, 4.69) is 12.7 Å². The van der Waals surface area contributed by atoms with Crippen LogP contribution >= 0.6 is 0 Å². The van der Waals surface area contributed by atoms with Gasteiger partial charge in [-0.05, 0) is 25.3 Å². The van der Waals surface area contributed by atoms with Crippen LogP contribution in [0.5, 0.6) is 0 Å². The second kappa shape index (κ2) is 13.1. The normalized spacial score (nSPS) is 18.3. The lowest BCUT2D eigenvalue weighted by molar-refractivity contribution is -0.128. The molecular weight excluding hydrogens is 234 g/mol. The lowest BCUT2D eigenvalue weighted by atomic mass is 10.0. The van der Waals surface area contributed by atoms with Crippen LogP contribution in [0, 0.1) is 0 Å². The maximum absolute atomic E-state index is 11.4. The van der Waals surface area contributed by atoms with Gasteiger partial charge in [0.1, 0.15) is 0 Å². The lowest BCUT2D eigenvalue weighted by Crippen LogP contribution is -2.34. The Hall–Kier alpha value is -1.31. The van der Waals surface area contributed by atoms with Crippen molar-refractivity contribution in [3.8, 4) is 0 Å². The molecule has 0 aromatic rings. The van der Waals surface area contributed by atoms with Crippen LogP contribution < -0.4 is 0 Å². The van der Waals surface area contributed by atoms with Crippen LogP contribution in [0.2, 0.25) is 0 Å². The molecule has 1 aliphatic rings. The summed E-state index contributed by atoms with van der Waals surface area (Å²) in [5, 5.41) is 0. The highest BCUT2D eigenvalue weighted by molar-refractivity contribution is 5.74. The van der Waals surface area contributed by atoms with E-state index in [0.717, 1.165) is 19.4 Å². The van der Waals surface area contributed by atoms with Crippen LogP contribution in [0.25, 0.3) is 0 Å². The Bertz CT molecular complexity index is 302. The minimum atomic E-state index is 0.164. The predicted octanol–water partition coefficient (Wildman–Crippen LogP) is 4.74. The van der Waals surface area contributed by atoms with Gasteiger partial charge in [-0.1, -0.05) is 58.6 Å². The van der Waals surface area contributed by atoms with E-state index in [1.165, 1.54) is 5.57 Å². The Morgan fingerprint density at radius 2 is 1.84 bits per heavy atom. The fourth-order valence-electron chi connectivity index (χ4n) is 2.10. The number of allylic oxidation sites excluding steroid dienone is 3. The zero-order valence-electron chi connectivity index (χ0n) is 13.6. The van der Waals surface area contributed by atoms with E-state index in [4.69, 9.17) is 0 Å². The zero-order valence-corrected chi connectivity index (χ0v) is 13.6. The van der Waals surface area contributed by atoms with Gasteiger partial charge in [-0.2, -0.15) is 0 Å². The number of carbonyl (C=O) groups excluding carboxylic acids is 1. The molecule has 1 unspecified atom stereocenters. The number of likely N-dealkylation sites (tertiary alicyclic amines) is 1. The summed E-state index contributed by atoms with van der Waals surface area (Å²) in [7, 11) is 0. The van der Waals surface area contributed by atoms with Crippen molar-refractivity contribution in [2.24, 2.45) is 0 Å². The molecule has 0 aromatic heterocycles. The van der Waals surface area contributed by atoms with E-state index in [9.17, 15) is 4.79 Å². The molecule has 0 spiro atoms. The summed E-state index contributed by atoms with van der Waals surface area (Å²) in [5.74, 6) is 0.164. The van der Waals surface area contributed by atoms with Crippen molar-refractivity contribution in [3.63, 3.8) is 0 Å². The van der Waals surface area contributed by atoms with Crippen molar-refractivity contribution in [1.82, 2.24) is 4.90 Å². The van der Waals surface area contributed by atoms with Gasteiger partial charge in [0, 0.05) is 13.5 Å². The smallest absolute Gasteiger partial charge is 0.219 e. The van der Waals surface area contributed by atoms with E-state index >= 15 is 0 Å². The Balaban J connectivity index is 0. The first-order valence-corrected chi connectivity index (χ1v) is 7.43. The predicted molar refractivity (Wildman–Crippen MR) is 86.2 cm³/mol. The number of amides is 1. The molecule has 0 saturated carbocycles. The largest absolute Gasteiger partial charge is 0.336 e. The summed E-state index contributed by atoms with van der Waals surface area (Å²) < 4.78 is 0. The third kappa shape index (κ3) is 7.00. The summed E-state index contributed by atoms with van der Waals surface area (Å²) >= 11 is 0. The number of hydrogen-bond donors (Lipinski definition) is 0. The van der Waals surface area contributed by atoms with Gasteiger partial charge >= 0.3 is 0 Å². The van der Waals surface area contributed by atoms with Crippen LogP contribution in [0.15, 0.2) is 36.5 Å². The second-order valence-electron chi connectivity index (χ2n) is 3.77. The van der Waals surface area contributed by atoms with Gasteiger partial charge in [0.05, 0.1) is 6.04 Å². The fraction of sp³-hybridized carbons (Fsp3) is 0.588. The summed E-state index contributed by atoms with van der Waals surface area (Å²) in [6, 6.07) is 0.247. The summed E-state index contributed by atoms with van der Waals surface area (Å²) in [5.41, 5.74) is 1.18. The average molecular weight is 265 g/mol. The van der Waals surface area contributed by atoms with E-state index in [0.29, 0.717) is 0 Å². The molecule has 1 fully saturated rings. The monoisotopic (exact) mass is 265 g/mol. The number of nitrogens with zero attached hydrogens (tertiary/aromatic N) is 1. The van der Waals surface area contributed by atoms with Gasteiger partial charge in [-0.25, -0.2) is 0 Å². The van der Waals surface area contributed by atoms with Crippen molar-refractivity contribution in [1.29, 1.82) is 0 Å².